The molecule has 2 heterocycles. The summed E-state index contributed by atoms with van der Waals surface area (Å²) in [6.07, 6.45) is 0.132. The number of anilines is 1. The van der Waals surface area contributed by atoms with Crippen LogP contribution in [0.2, 0.25) is 0 Å². The van der Waals surface area contributed by atoms with Crippen molar-refractivity contribution >= 4 is 44.3 Å². The molecule has 2 aromatic heterocycles. The molecule has 0 aliphatic carbocycles. The summed E-state index contributed by atoms with van der Waals surface area (Å²) in [6, 6.07) is 6.95. The number of aromatic nitrogens is 1. The van der Waals surface area contributed by atoms with Crippen LogP contribution in [-0.2, 0) is 21.2 Å². The third kappa shape index (κ3) is 4.92. The van der Waals surface area contributed by atoms with Gasteiger partial charge in [0.1, 0.15) is 5.01 Å². The van der Waals surface area contributed by atoms with E-state index in [9.17, 15) is 13.2 Å². The van der Waals surface area contributed by atoms with Crippen LogP contribution in [0.3, 0.4) is 0 Å². The number of sulfonamides is 1. The van der Waals surface area contributed by atoms with Crippen molar-refractivity contribution in [3.05, 3.63) is 51.7 Å². The Kier molecular flexibility index (Phi) is 6.84. The van der Waals surface area contributed by atoms with Gasteiger partial charge in [-0.1, -0.05) is 19.9 Å². The van der Waals surface area contributed by atoms with Crippen molar-refractivity contribution in [2.75, 3.05) is 18.4 Å². The Hall–Kier alpha value is -2.07. The summed E-state index contributed by atoms with van der Waals surface area (Å²) in [7, 11) is -3.60. The van der Waals surface area contributed by atoms with Crippen LogP contribution in [-0.4, -0.2) is 36.7 Å². The molecule has 0 fully saturated rings. The number of carbonyl (C=O) groups is 1. The third-order valence-corrected chi connectivity index (χ3v) is 8.27. The molecule has 29 heavy (non-hydrogen) atoms. The molecule has 0 aliphatic rings. The predicted molar refractivity (Wildman–Crippen MR) is 119 cm³/mol. The van der Waals surface area contributed by atoms with Crippen LogP contribution in [0.25, 0.3) is 10.6 Å². The molecule has 0 unspecified atom stereocenters. The van der Waals surface area contributed by atoms with E-state index in [4.69, 9.17) is 0 Å². The standard InChI is InChI=1S/C20H23N3O3S3/c1-4-23(5-2)29(25,26)18-10-16(7-6-14(18)3)21-19(24)11-17-13-28-20(22-17)15-8-9-27-12-15/h6-10,12-13H,4-5,11H2,1-3H3,(H,21,24). The number of nitrogens with zero attached hydrogens (tertiary/aromatic N) is 2. The maximum absolute atomic E-state index is 12.9. The molecular weight excluding hydrogens is 426 g/mol. The number of thiophene rings is 1. The van der Waals surface area contributed by atoms with Crippen molar-refractivity contribution in [3.8, 4) is 10.6 Å². The Bertz CT molecular complexity index is 1090. The van der Waals surface area contributed by atoms with Crippen LogP contribution in [0.15, 0.2) is 45.3 Å². The number of nitrogens with one attached hydrogen (secondary N) is 1. The zero-order valence-electron chi connectivity index (χ0n) is 16.5. The third-order valence-electron chi connectivity index (χ3n) is 4.46. The van der Waals surface area contributed by atoms with E-state index in [1.165, 1.54) is 21.7 Å². The first-order valence-electron chi connectivity index (χ1n) is 9.22. The van der Waals surface area contributed by atoms with Gasteiger partial charge in [0.25, 0.3) is 0 Å². The quantitative estimate of drug-likeness (QED) is 0.553. The Morgan fingerprint density at radius 1 is 1.17 bits per heavy atom. The highest BCUT2D eigenvalue weighted by molar-refractivity contribution is 7.89. The van der Waals surface area contributed by atoms with Gasteiger partial charge in [0, 0.05) is 35.1 Å². The van der Waals surface area contributed by atoms with Crippen LogP contribution in [0.5, 0.6) is 0 Å². The second-order valence-corrected chi connectivity index (χ2v) is 10.00. The van der Waals surface area contributed by atoms with E-state index in [-0.39, 0.29) is 17.2 Å². The second-order valence-electron chi connectivity index (χ2n) is 6.45. The van der Waals surface area contributed by atoms with Gasteiger partial charge in [0.15, 0.2) is 0 Å². The lowest BCUT2D eigenvalue weighted by Gasteiger charge is -2.20. The molecule has 154 valence electrons. The number of thiazole rings is 1. The number of aryl methyl sites for hydroxylation is 1. The number of carbonyl (C=O) groups excluding carboxylic acids is 1. The van der Waals surface area contributed by atoms with Gasteiger partial charge in [0.2, 0.25) is 15.9 Å². The minimum Gasteiger partial charge on any atom is -0.326 e. The van der Waals surface area contributed by atoms with Gasteiger partial charge in [-0.25, -0.2) is 13.4 Å². The Labute approximate surface area is 179 Å². The average molecular weight is 450 g/mol. The van der Waals surface area contributed by atoms with E-state index in [0.717, 1.165) is 10.6 Å². The highest BCUT2D eigenvalue weighted by atomic mass is 32.2. The Morgan fingerprint density at radius 2 is 1.93 bits per heavy atom. The summed E-state index contributed by atoms with van der Waals surface area (Å²) >= 11 is 3.11. The lowest BCUT2D eigenvalue weighted by molar-refractivity contribution is -0.115. The maximum Gasteiger partial charge on any atom is 0.243 e. The van der Waals surface area contributed by atoms with Crippen molar-refractivity contribution in [2.24, 2.45) is 0 Å². The van der Waals surface area contributed by atoms with Gasteiger partial charge < -0.3 is 5.32 Å². The SMILES string of the molecule is CCN(CC)S(=O)(=O)c1cc(NC(=O)Cc2csc(-c3ccsc3)n2)ccc1C. The smallest absolute Gasteiger partial charge is 0.243 e. The summed E-state index contributed by atoms with van der Waals surface area (Å²) in [5.74, 6) is -0.234. The maximum atomic E-state index is 12.9. The molecular formula is C20H23N3O3S3. The molecule has 0 aliphatic heterocycles. The fourth-order valence-corrected chi connectivity index (χ4v) is 6.18. The van der Waals surface area contributed by atoms with E-state index >= 15 is 0 Å². The van der Waals surface area contributed by atoms with Gasteiger partial charge in [-0.2, -0.15) is 15.6 Å². The highest BCUT2D eigenvalue weighted by Crippen LogP contribution is 2.26. The lowest BCUT2D eigenvalue weighted by Crippen LogP contribution is -2.31. The van der Waals surface area contributed by atoms with Gasteiger partial charge in [-0.05, 0) is 36.1 Å². The molecule has 0 saturated heterocycles. The zero-order chi connectivity index (χ0) is 21.0. The Morgan fingerprint density at radius 3 is 2.59 bits per heavy atom. The molecule has 0 atom stereocenters. The summed E-state index contributed by atoms with van der Waals surface area (Å²) in [5, 5.41) is 9.56. The minimum atomic E-state index is -3.60. The summed E-state index contributed by atoms with van der Waals surface area (Å²) in [6.45, 7) is 6.15. The summed E-state index contributed by atoms with van der Waals surface area (Å²) < 4.78 is 27.1. The van der Waals surface area contributed by atoms with Gasteiger partial charge in [-0.15, -0.1) is 11.3 Å². The molecule has 3 aromatic rings. The molecule has 3 rings (SSSR count). The fraction of sp³-hybridized carbons (Fsp3) is 0.300. The molecule has 1 N–H and O–H groups in total. The van der Waals surface area contributed by atoms with Gasteiger partial charge in [-0.3, -0.25) is 4.79 Å². The normalized spacial score (nSPS) is 11.7. The van der Waals surface area contributed by atoms with Crippen molar-refractivity contribution in [1.82, 2.24) is 9.29 Å². The van der Waals surface area contributed by atoms with E-state index in [1.54, 1.807) is 44.2 Å². The highest BCUT2D eigenvalue weighted by Gasteiger charge is 2.24. The number of amides is 1. The van der Waals surface area contributed by atoms with Crippen LogP contribution in [0.1, 0.15) is 25.1 Å². The number of benzene rings is 1. The Balaban J connectivity index is 1.74. The fourth-order valence-electron chi connectivity index (χ4n) is 2.93. The summed E-state index contributed by atoms with van der Waals surface area (Å²) in [5.41, 5.74) is 2.85. The lowest BCUT2D eigenvalue weighted by atomic mass is 10.2. The van der Waals surface area contributed by atoms with Crippen LogP contribution >= 0.6 is 22.7 Å². The van der Waals surface area contributed by atoms with Crippen molar-refractivity contribution in [2.45, 2.75) is 32.1 Å². The predicted octanol–water partition coefficient (Wildman–Crippen LogP) is 4.39. The van der Waals surface area contributed by atoms with Crippen LogP contribution in [0.4, 0.5) is 5.69 Å². The number of rotatable bonds is 8. The molecule has 0 bridgehead atoms. The van der Waals surface area contributed by atoms with Gasteiger partial charge >= 0.3 is 0 Å². The zero-order valence-corrected chi connectivity index (χ0v) is 19.0. The molecule has 0 spiro atoms. The van der Waals surface area contributed by atoms with E-state index < -0.39 is 10.0 Å². The molecule has 1 aromatic carbocycles. The van der Waals surface area contributed by atoms with Crippen molar-refractivity contribution < 1.29 is 13.2 Å². The number of hydrogen-bond donors (Lipinski definition) is 1. The molecule has 1 amide bonds. The van der Waals surface area contributed by atoms with Crippen LogP contribution < -0.4 is 5.32 Å². The summed E-state index contributed by atoms with van der Waals surface area (Å²) in [4.78, 5) is 17.2. The second kappa shape index (κ2) is 9.17. The van der Waals surface area contributed by atoms with E-state index in [0.29, 0.717) is 30.0 Å². The van der Waals surface area contributed by atoms with Crippen molar-refractivity contribution in [1.29, 1.82) is 0 Å². The minimum absolute atomic E-state index is 0.132. The molecule has 0 radical (unpaired) electrons. The van der Waals surface area contributed by atoms with E-state index in [1.807, 2.05) is 22.2 Å². The van der Waals surface area contributed by atoms with Crippen molar-refractivity contribution in [3.63, 3.8) is 0 Å². The van der Waals surface area contributed by atoms with Crippen LogP contribution in [0, 0.1) is 6.92 Å². The topological polar surface area (TPSA) is 79.4 Å². The van der Waals surface area contributed by atoms with E-state index in [2.05, 4.69) is 10.3 Å². The largest absolute Gasteiger partial charge is 0.326 e. The average Bonchev–Trinajstić information content (AvgIpc) is 3.35. The molecule has 6 nitrogen and oxygen atoms in total. The first kappa shape index (κ1) is 21.6. The first-order chi connectivity index (χ1) is 13.8. The van der Waals surface area contributed by atoms with Gasteiger partial charge in [0.05, 0.1) is 17.0 Å². The monoisotopic (exact) mass is 449 g/mol. The number of hydrogen-bond acceptors (Lipinski definition) is 6. The molecule has 0 saturated carbocycles. The molecule has 9 heteroatoms. The first-order valence-corrected chi connectivity index (χ1v) is 12.5.